The highest BCUT2D eigenvalue weighted by Gasteiger charge is 2.51. The molecule has 2 heterocycles. The second kappa shape index (κ2) is 9.40. The average Bonchev–Trinajstić information content (AvgIpc) is 3.37. The highest BCUT2D eigenvalue weighted by atomic mass is 35.5. The van der Waals surface area contributed by atoms with E-state index in [1.807, 2.05) is 36.4 Å². The highest BCUT2D eigenvalue weighted by molar-refractivity contribution is 6.30. The molecule has 2 saturated heterocycles. The van der Waals surface area contributed by atoms with Crippen molar-refractivity contribution in [3.05, 3.63) is 69.7 Å². The lowest BCUT2D eigenvalue weighted by molar-refractivity contribution is -0.163. The van der Waals surface area contributed by atoms with Gasteiger partial charge in [-0.3, -0.25) is 9.59 Å². The number of rotatable bonds is 5. The van der Waals surface area contributed by atoms with Gasteiger partial charge in [0, 0.05) is 23.1 Å². The van der Waals surface area contributed by atoms with Gasteiger partial charge in [0.2, 0.25) is 0 Å². The molecule has 2 fully saturated rings. The Morgan fingerprint density at radius 2 is 1.78 bits per heavy atom. The van der Waals surface area contributed by atoms with E-state index in [-0.39, 0.29) is 17.9 Å². The molecule has 2 aliphatic rings. The van der Waals surface area contributed by atoms with Gasteiger partial charge in [0.05, 0.1) is 6.04 Å². The van der Waals surface area contributed by atoms with E-state index in [0.717, 1.165) is 24.0 Å². The Labute approximate surface area is 197 Å². The molecule has 2 aromatic rings. The van der Waals surface area contributed by atoms with Gasteiger partial charge in [0.25, 0.3) is 11.8 Å². The van der Waals surface area contributed by atoms with Gasteiger partial charge in [-0.2, -0.15) is 0 Å². The number of hydrogen-bond donors (Lipinski definition) is 1. The van der Waals surface area contributed by atoms with Crippen LogP contribution in [0.25, 0.3) is 0 Å². The second-order valence-electron chi connectivity index (χ2n) is 8.57. The molecule has 2 aliphatic heterocycles. The molecule has 3 atom stereocenters. The number of nitrogens with one attached hydrogen (secondary N) is 1. The van der Waals surface area contributed by atoms with Crippen LogP contribution in [0.1, 0.15) is 43.9 Å². The van der Waals surface area contributed by atoms with Crippen molar-refractivity contribution in [2.75, 3.05) is 6.54 Å². The fourth-order valence-corrected chi connectivity index (χ4v) is 4.60. The number of likely N-dealkylation sites (tertiary alicyclic amines) is 1. The number of carbonyl (C=O) groups is 2. The van der Waals surface area contributed by atoms with E-state index < -0.39 is 18.0 Å². The van der Waals surface area contributed by atoms with Gasteiger partial charge in [-0.25, -0.2) is 0 Å². The fraction of sp³-hybridized carbons (Fsp3) is 0.417. The zero-order valence-corrected chi connectivity index (χ0v) is 19.5. The van der Waals surface area contributed by atoms with E-state index in [4.69, 9.17) is 32.7 Å². The van der Waals surface area contributed by atoms with Gasteiger partial charge < -0.3 is 19.7 Å². The van der Waals surface area contributed by atoms with Crippen LogP contribution in [-0.2, 0) is 25.6 Å². The average molecular weight is 477 g/mol. The number of halogens is 2. The summed E-state index contributed by atoms with van der Waals surface area (Å²) in [7, 11) is 0. The Kier molecular flexibility index (Phi) is 6.77. The highest BCUT2D eigenvalue weighted by Crippen LogP contribution is 2.37. The number of nitrogens with zero attached hydrogens (tertiary/aromatic N) is 1. The van der Waals surface area contributed by atoms with Crippen molar-refractivity contribution in [3.63, 3.8) is 0 Å². The zero-order valence-electron chi connectivity index (χ0n) is 18.0. The van der Waals surface area contributed by atoms with Gasteiger partial charge in [-0.15, -0.1) is 0 Å². The summed E-state index contributed by atoms with van der Waals surface area (Å²) < 4.78 is 11.8. The first-order valence-electron chi connectivity index (χ1n) is 10.7. The van der Waals surface area contributed by atoms with E-state index in [2.05, 4.69) is 5.32 Å². The van der Waals surface area contributed by atoms with Crippen LogP contribution >= 0.6 is 23.2 Å². The van der Waals surface area contributed by atoms with Crippen molar-refractivity contribution in [1.82, 2.24) is 10.2 Å². The molecule has 0 spiro atoms. The molecule has 32 heavy (non-hydrogen) atoms. The van der Waals surface area contributed by atoms with Crippen LogP contribution in [-0.4, -0.2) is 41.3 Å². The van der Waals surface area contributed by atoms with Crippen LogP contribution < -0.4 is 5.32 Å². The maximum Gasteiger partial charge on any atom is 0.255 e. The molecular weight excluding hydrogens is 451 g/mol. The normalized spacial score (nSPS) is 24.5. The Morgan fingerprint density at radius 3 is 2.50 bits per heavy atom. The summed E-state index contributed by atoms with van der Waals surface area (Å²) in [6.07, 6.45) is -0.357. The quantitative estimate of drug-likeness (QED) is 0.689. The molecule has 0 aliphatic carbocycles. The van der Waals surface area contributed by atoms with Crippen molar-refractivity contribution >= 4 is 35.0 Å². The lowest BCUT2D eigenvalue weighted by Crippen LogP contribution is -2.49. The predicted octanol–water partition coefficient (Wildman–Crippen LogP) is 4.49. The molecule has 0 saturated carbocycles. The van der Waals surface area contributed by atoms with E-state index in [0.29, 0.717) is 23.1 Å². The first-order chi connectivity index (χ1) is 15.2. The SMILES string of the molecule is CC1(C)O[C@@H](C(=O)NCc2ccc(Cl)cc2)[C@H](C(=O)N2CCCC2c2cccc(Cl)c2)O1. The minimum absolute atomic E-state index is 0.105. The van der Waals surface area contributed by atoms with Gasteiger partial charge >= 0.3 is 0 Å². The summed E-state index contributed by atoms with van der Waals surface area (Å²) in [5.74, 6) is -1.68. The third-order valence-electron chi connectivity index (χ3n) is 5.75. The van der Waals surface area contributed by atoms with Crippen molar-refractivity contribution in [1.29, 1.82) is 0 Å². The van der Waals surface area contributed by atoms with Crippen LogP contribution in [0.2, 0.25) is 10.0 Å². The molecule has 8 heteroatoms. The Bertz CT molecular complexity index is 996. The Morgan fingerprint density at radius 1 is 1.06 bits per heavy atom. The first-order valence-corrected chi connectivity index (χ1v) is 11.4. The molecule has 0 aromatic heterocycles. The second-order valence-corrected chi connectivity index (χ2v) is 9.44. The predicted molar refractivity (Wildman–Crippen MR) is 122 cm³/mol. The molecule has 0 bridgehead atoms. The number of carbonyl (C=O) groups excluding carboxylic acids is 2. The van der Waals surface area contributed by atoms with Crippen LogP contribution in [0, 0.1) is 0 Å². The van der Waals surface area contributed by atoms with Crippen LogP contribution in [0.3, 0.4) is 0 Å². The number of ether oxygens (including phenoxy) is 2. The summed E-state index contributed by atoms with van der Waals surface area (Å²) >= 11 is 12.1. The monoisotopic (exact) mass is 476 g/mol. The summed E-state index contributed by atoms with van der Waals surface area (Å²) in [5, 5.41) is 4.10. The van der Waals surface area contributed by atoms with Crippen LogP contribution in [0.15, 0.2) is 48.5 Å². The third kappa shape index (κ3) is 5.09. The molecule has 2 amide bonds. The minimum atomic E-state index is -1.05. The Hall–Kier alpha value is -2.12. The maximum absolute atomic E-state index is 13.5. The van der Waals surface area contributed by atoms with E-state index in [9.17, 15) is 9.59 Å². The number of amides is 2. The number of benzene rings is 2. The molecule has 4 rings (SSSR count). The largest absolute Gasteiger partial charge is 0.350 e. The van der Waals surface area contributed by atoms with Crippen molar-refractivity contribution in [2.24, 2.45) is 0 Å². The molecule has 1 unspecified atom stereocenters. The van der Waals surface area contributed by atoms with Crippen molar-refractivity contribution in [3.8, 4) is 0 Å². The summed E-state index contributed by atoms with van der Waals surface area (Å²) in [5.41, 5.74) is 1.87. The summed E-state index contributed by atoms with van der Waals surface area (Å²) in [6, 6.07) is 14.6. The van der Waals surface area contributed by atoms with Gasteiger partial charge in [0.1, 0.15) is 0 Å². The van der Waals surface area contributed by atoms with Gasteiger partial charge in [-0.05, 0) is 62.1 Å². The van der Waals surface area contributed by atoms with Gasteiger partial charge in [-0.1, -0.05) is 47.5 Å². The topological polar surface area (TPSA) is 67.9 Å². The van der Waals surface area contributed by atoms with Crippen molar-refractivity contribution in [2.45, 2.75) is 57.3 Å². The lowest BCUT2D eigenvalue weighted by atomic mass is 10.0. The number of hydrogen-bond acceptors (Lipinski definition) is 4. The lowest BCUT2D eigenvalue weighted by Gasteiger charge is -2.28. The summed E-state index contributed by atoms with van der Waals surface area (Å²) in [4.78, 5) is 28.3. The van der Waals surface area contributed by atoms with Gasteiger partial charge in [0.15, 0.2) is 18.0 Å². The Balaban J connectivity index is 1.49. The van der Waals surface area contributed by atoms with Crippen LogP contribution in [0.4, 0.5) is 0 Å². The fourth-order valence-electron chi connectivity index (χ4n) is 4.28. The molecule has 2 aromatic carbocycles. The molecular formula is C24H26Cl2N2O4. The standard InChI is InChI=1S/C24H26Cl2N2O4/c1-24(2)31-20(22(29)27-14-15-8-10-17(25)11-9-15)21(32-24)23(30)28-12-4-7-19(28)16-5-3-6-18(26)13-16/h3,5-6,8-11,13,19-21H,4,7,12,14H2,1-2H3,(H,27,29)/t19?,20-,21-/m1/s1. The van der Waals surface area contributed by atoms with E-state index in [1.54, 1.807) is 30.9 Å². The van der Waals surface area contributed by atoms with E-state index >= 15 is 0 Å². The van der Waals surface area contributed by atoms with Crippen molar-refractivity contribution < 1.29 is 19.1 Å². The smallest absolute Gasteiger partial charge is 0.255 e. The van der Waals surface area contributed by atoms with E-state index in [1.165, 1.54) is 0 Å². The molecule has 1 N–H and O–H groups in total. The maximum atomic E-state index is 13.5. The first kappa shape index (κ1) is 23.1. The summed E-state index contributed by atoms with van der Waals surface area (Å²) in [6.45, 7) is 4.30. The third-order valence-corrected chi connectivity index (χ3v) is 6.23. The minimum Gasteiger partial charge on any atom is -0.350 e. The van der Waals surface area contributed by atoms with Crippen LogP contribution in [0.5, 0.6) is 0 Å². The molecule has 0 radical (unpaired) electrons. The zero-order chi connectivity index (χ0) is 22.9. The molecule has 6 nitrogen and oxygen atoms in total. The molecule has 170 valence electrons.